The van der Waals surface area contributed by atoms with E-state index in [-0.39, 0.29) is 6.04 Å². The van der Waals surface area contributed by atoms with Gasteiger partial charge in [-0.15, -0.1) is 0 Å². The third kappa shape index (κ3) is 2.88. The molecule has 1 aliphatic heterocycles. The number of rotatable bonds is 4. The largest absolute Gasteiger partial charge is 0.353 e. The number of nitrogens with zero attached hydrogens (tertiary/aromatic N) is 5. The first kappa shape index (κ1) is 15.8. The second-order valence-corrected chi connectivity index (χ2v) is 8.99. The minimum atomic E-state index is -3.18. The van der Waals surface area contributed by atoms with Crippen LogP contribution in [0.2, 0.25) is 0 Å². The van der Waals surface area contributed by atoms with E-state index in [2.05, 4.69) is 21.0 Å². The SMILES string of the molecule is CN(C1CCCN(c2nccn3nc(C4CC4)cc23)C1)S(C)(=O)=O. The Bertz CT molecular complexity index is 858. The minimum absolute atomic E-state index is 0.0124. The molecule has 2 aromatic heterocycles. The molecule has 2 aromatic rings. The second-order valence-electron chi connectivity index (χ2n) is 6.95. The molecule has 1 aliphatic carbocycles. The zero-order valence-electron chi connectivity index (χ0n) is 14.1. The highest BCUT2D eigenvalue weighted by Gasteiger charge is 2.30. The number of anilines is 1. The minimum Gasteiger partial charge on any atom is -0.353 e. The summed E-state index contributed by atoms with van der Waals surface area (Å²) in [5, 5.41) is 4.67. The van der Waals surface area contributed by atoms with E-state index in [1.54, 1.807) is 13.2 Å². The molecule has 8 heteroatoms. The summed E-state index contributed by atoms with van der Waals surface area (Å²) in [5.41, 5.74) is 2.16. The lowest BCUT2D eigenvalue weighted by molar-refractivity contribution is 0.321. The Morgan fingerprint density at radius 2 is 2.08 bits per heavy atom. The molecule has 7 nitrogen and oxygen atoms in total. The quantitative estimate of drug-likeness (QED) is 0.836. The van der Waals surface area contributed by atoms with E-state index in [0.717, 1.165) is 36.4 Å². The predicted molar refractivity (Wildman–Crippen MR) is 92.8 cm³/mol. The van der Waals surface area contributed by atoms with Crippen molar-refractivity contribution in [2.45, 2.75) is 37.6 Å². The molecule has 2 fully saturated rings. The van der Waals surface area contributed by atoms with Gasteiger partial charge in [-0.1, -0.05) is 0 Å². The zero-order chi connectivity index (χ0) is 16.9. The first-order valence-electron chi connectivity index (χ1n) is 8.46. The maximum absolute atomic E-state index is 11.8. The van der Waals surface area contributed by atoms with Gasteiger partial charge in [0.05, 0.1) is 11.9 Å². The van der Waals surface area contributed by atoms with Crippen molar-refractivity contribution in [3.05, 3.63) is 24.2 Å². The molecule has 0 radical (unpaired) electrons. The smallest absolute Gasteiger partial charge is 0.211 e. The fourth-order valence-corrected chi connectivity index (χ4v) is 4.18. The Hall–Kier alpha value is -1.67. The van der Waals surface area contributed by atoms with Crippen molar-refractivity contribution in [3.8, 4) is 0 Å². The fraction of sp³-hybridized carbons (Fsp3) is 0.625. The standard InChI is InChI=1S/C16H23N5O2S/c1-19(24(2,22)23)13-4-3-8-20(11-13)16-15-10-14(12-5-6-12)18-21(15)9-7-17-16/h7,9-10,12-13H,3-6,8,11H2,1-2H3. The second kappa shape index (κ2) is 5.70. The first-order valence-corrected chi connectivity index (χ1v) is 10.3. The third-order valence-electron chi connectivity index (χ3n) is 5.12. The third-order valence-corrected chi connectivity index (χ3v) is 6.46. The summed E-state index contributed by atoms with van der Waals surface area (Å²) in [5.74, 6) is 1.51. The Morgan fingerprint density at radius 3 is 2.79 bits per heavy atom. The van der Waals surface area contributed by atoms with E-state index < -0.39 is 10.0 Å². The summed E-state index contributed by atoms with van der Waals surface area (Å²) in [7, 11) is -1.51. The van der Waals surface area contributed by atoms with Crippen molar-refractivity contribution >= 4 is 21.4 Å². The van der Waals surface area contributed by atoms with Crippen LogP contribution in [-0.4, -0.2) is 59.8 Å². The topological polar surface area (TPSA) is 70.8 Å². The lowest BCUT2D eigenvalue weighted by atomic mass is 10.1. The van der Waals surface area contributed by atoms with Crippen LogP contribution in [-0.2, 0) is 10.0 Å². The Labute approximate surface area is 142 Å². The van der Waals surface area contributed by atoms with Gasteiger partial charge in [0.15, 0.2) is 5.82 Å². The monoisotopic (exact) mass is 349 g/mol. The molecule has 1 atom stereocenters. The summed E-state index contributed by atoms with van der Waals surface area (Å²) < 4.78 is 27.1. The number of hydrogen-bond donors (Lipinski definition) is 0. The maximum Gasteiger partial charge on any atom is 0.211 e. The number of hydrogen-bond acceptors (Lipinski definition) is 5. The summed E-state index contributed by atoms with van der Waals surface area (Å²) >= 11 is 0. The van der Waals surface area contributed by atoms with Crippen LogP contribution in [0.3, 0.4) is 0 Å². The van der Waals surface area contributed by atoms with Gasteiger partial charge in [-0.2, -0.15) is 5.10 Å². The number of aromatic nitrogens is 3. The van der Waals surface area contributed by atoms with Crippen molar-refractivity contribution in [2.24, 2.45) is 0 Å². The van der Waals surface area contributed by atoms with Crippen molar-refractivity contribution in [1.29, 1.82) is 0 Å². The van der Waals surface area contributed by atoms with Gasteiger partial charge in [0.25, 0.3) is 0 Å². The normalized spacial score (nSPS) is 22.5. The molecule has 0 spiro atoms. The van der Waals surface area contributed by atoms with Gasteiger partial charge < -0.3 is 4.90 Å². The number of likely N-dealkylation sites (N-methyl/N-ethyl adjacent to an activating group) is 1. The van der Waals surface area contributed by atoms with Gasteiger partial charge in [-0.3, -0.25) is 0 Å². The number of fused-ring (bicyclic) bond motifs is 1. The number of piperidine rings is 1. The van der Waals surface area contributed by atoms with Crippen LogP contribution in [0.4, 0.5) is 5.82 Å². The summed E-state index contributed by atoms with van der Waals surface area (Å²) in [6.45, 7) is 1.56. The summed E-state index contributed by atoms with van der Waals surface area (Å²) in [6, 6.07) is 2.13. The van der Waals surface area contributed by atoms with Gasteiger partial charge in [-0.05, 0) is 31.7 Å². The van der Waals surface area contributed by atoms with Crippen molar-refractivity contribution in [3.63, 3.8) is 0 Å². The highest BCUT2D eigenvalue weighted by Crippen LogP contribution is 2.40. The Morgan fingerprint density at radius 1 is 1.29 bits per heavy atom. The van der Waals surface area contributed by atoms with Crippen LogP contribution in [0.5, 0.6) is 0 Å². The molecule has 3 heterocycles. The van der Waals surface area contributed by atoms with Crippen molar-refractivity contribution in [2.75, 3.05) is 31.3 Å². The fourth-order valence-electron chi connectivity index (χ4n) is 3.46. The zero-order valence-corrected chi connectivity index (χ0v) is 14.9. The first-order chi connectivity index (χ1) is 11.4. The molecule has 0 N–H and O–H groups in total. The number of sulfonamides is 1. The predicted octanol–water partition coefficient (Wildman–Crippen LogP) is 1.47. The van der Waals surface area contributed by atoms with Crippen LogP contribution >= 0.6 is 0 Å². The average molecular weight is 349 g/mol. The van der Waals surface area contributed by atoms with Gasteiger partial charge in [0.2, 0.25) is 10.0 Å². The lowest BCUT2D eigenvalue weighted by Gasteiger charge is -2.37. The van der Waals surface area contributed by atoms with Crippen LogP contribution in [0.25, 0.3) is 5.52 Å². The van der Waals surface area contributed by atoms with Gasteiger partial charge in [0, 0.05) is 44.5 Å². The molecule has 0 bridgehead atoms. The van der Waals surface area contributed by atoms with E-state index in [9.17, 15) is 8.42 Å². The Kier molecular flexibility index (Phi) is 3.76. The van der Waals surface area contributed by atoms with Crippen molar-refractivity contribution in [1.82, 2.24) is 18.9 Å². The van der Waals surface area contributed by atoms with Crippen LogP contribution in [0, 0.1) is 0 Å². The van der Waals surface area contributed by atoms with E-state index in [4.69, 9.17) is 0 Å². The van der Waals surface area contributed by atoms with E-state index >= 15 is 0 Å². The molecular weight excluding hydrogens is 326 g/mol. The molecule has 0 aromatic carbocycles. The molecule has 2 aliphatic rings. The molecule has 1 unspecified atom stereocenters. The van der Waals surface area contributed by atoms with Crippen LogP contribution in [0.1, 0.15) is 37.3 Å². The summed E-state index contributed by atoms with van der Waals surface area (Å²) in [6.07, 6.45) is 9.20. The van der Waals surface area contributed by atoms with E-state index in [1.807, 2.05) is 10.7 Å². The molecule has 1 saturated heterocycles. The molecular formula is C16H23N5O2S. The molecule has 4 rings (SSSR count). The van der Waals surface area contributed by atoms with Gasteiger partial charge in [-0.25, -0.2) is 22.2 Å². The molecule has 0 amide bonds. The highest BCUT2D eigenvalue weighted by atomic mass is 32.2. The van der Waals surface area contributed by atoms with Crippen molar-refractivity contribution < 1.29 is 8.42 Å². The van der Waals surface area contributed by atoms with Crippen LogP contribution in [0.15, 0.2) is 18.5 Å². The molecule has 1 saturated carbocycles. The summed E-state index contributed by atoms with van der Waals surface area (Å²) in [4.78, 5) is 6.77. The van der Waals surface area contributed by atoms with Gasteiger partial charge in [0.1, 0.15) is 5.52 Å². The molecule has 130 valence electrons. The van der Waals surface area contributed by atoms with E-state index in [1.165, 1.54) is 23.4 Å². The lowest BCUT2D eigenvalue weighted by Crippen LogP contribution is -2.48. The highest BCUT2D eigenvalue weighted by molar-refractivity contribution is 7.88. The van der Waals surface area contributed by atoms with Gasteiger partial charge >= 0.3 is 0 Å². The molecule has 24 heavy (non-hydrogen) atoms. The Balaban J connectivity index is 1.64. The van der Waals surface area contributed by atoms with Crippen LogP contribution < -0.4 is 4.90 Å². The van der Waals surface area contributed by atoms with E-state index in [0.29, 0.717) is 12.5 Å². The maximum atomic E-state index is 11.8. The average Bonchev–Trinajstić information content (AvgIpc) is 3.32.